The van der Waals surface area contributed by atoms with Crippen LogP contribution in [0.25, 0.3) is 0 Å². The second-order valence-electron chi connectivity index (χ2n) is 6.15. The van der Waals surface area contributed by atoms with E-state index in [1.54, 1.807) is 42.5 Å². The first-order valence-corrected chi connectivity index (χ1v) is 9.71. The molecule has 2 aliphatic rings. The molecule has 0 aliphatic carbocycles. The average molecular weight is 367 g/mol. The van der Waals surface area contributed by atoms with Crippen LogP contribution in [0.15, 0.2) is 75.6 Å². The largest absolute Gasteiger partial charge is 0.334 e. The monoisotopic (exact) mass is 367 g/mol. The fraction of sp³-hybridized carbons (Fsp3) is 0.158. The molecule has 26 heavy (non-hydrogen) atoms. The van der Waals surface area contributed by atoms with E-state index in [-0.39, 0.29) is 21.7 Å². The van der Waals surface area contributed by atoms with Gasteiger partial charge in [0.25, 0.3) is 0 Å². The number of carbonyl (C=O) groups excluding carboxylic acids is 1. The molecule has 0 spiro atoms. The SMILES string of the molecule is Cc1ccc(N2C=C(S(=O)(=O)c3ccccc3)C3=NCCN3C2=O)cc1. The number of rotatable bonds is 3. The van der Waals surface area contributed by atoms with E-state index < -0.39 is 9.84 Å². The predicted octanol–water partition coefficient (Wildman–Crippen LogP) is 2.96. The number of urea groups is 1. The molecule has 132 valence electrons. The van der Waals surface area contributed by atoms with Gasteiger partial charge in [0, 0.05) is 12.7 Å². The van der Waals surface area contributed by atoms with Crippen molar-refractivity contribution >= 4 is 27.4 Å². The van der Waals surface area contributed by atoms with E-state index >= 15 is 0 Å². The highest BCUT2D eigenvalue weighted by molar-refractivity contribution is 7.96. The minimum Gasteiger partial charge on any atom is -0.275 e. The molecule has 6 nitrogen and oxygen atoms in total. The van der Waals surface area contributed by atoms with E-state index in [1.807, 2.05) is 19.1 Å². The topological polar surface area (TPSA) is 70.1 Å². The second-order valence-corrected chi connectivity index (χ2v) is 8.07. The van der Waals surface area contributed by atoms with Crippen LogP contribution in [0.5, 0.6) is 0 Å². The van der Waals surface area contributed by atoms with Crippen molar-refractivity contribution in [1.29, 1.82) is 0 Å². The number of amides is 2. The summed E-state index contributed by atoms with van der Waals surface area (Å²) >= 11 is 0. The van der Waals surface area contributed by atoms with E-state index in [4.69, 9.17) is 0 Å². The van der Waals surface area contributed by atoms with Crippen LogP contribution in [0.2, 0.25) is 0 Å². The number of sulfone groups is 1. The maximum atomic E-state index is 13.2. The number of aliphatic imine (C=N–C) groups is 1. The van der Waals surface area contributed by atoms with Crippen molar-refractivity contribution in [1.82, 2.24) is 4.90 Å². The van der Waals surface area contributed by atoms with Crippen molar-refractivity contribution in [3.05, 3.63) is 71.3 Å². The first kappa shape index (κ1) is 16.5. The number of aryl methyl sites for hydroxylation is 1. The Hall–Kier alpha value is -2.93. The number of fused-ring (bicyclic) bond motifs is 1. The Kier molecular flexibility index (Phi) is 3.88. The first-order chi connectivity index (χ1) is 12.5. The lowest BCUT2D eigenvalue weighted by Crippen LogP contribution is -2.48. The lowest BCUT2D eigenvalue weighted by Gasteiger charge is -2.32. The molecule has 0 radical (unpaired) electrons. The molecule has 0 N–H and O–H groups in total. The normalized spacial score (nSPS) is 17.0. The van der Waals surface area contributed by atoms with Crippen molar-refractivity contribution in [3.8, 4) is 0 Å². The smallest absolute Gasteiger partial charge is 0.275 e. The summed E-state index contributed by atoms with van der Waals surface area (Å²) in [6, 6.07) is 15.3. The Morgan fingerprint density at radius 3 is 2.38 bits per heavy atom. The van der Waals surface area contributed by atoms with Crippen LogP contribution in [0.1, 0.15) is 5.56 Å². The molecule has 2 aromatic rings. The Morgan fingerprint density at radius 1 is 1.00 bits per heavy atom. The molecule has 0 saturated heterocycles. The molecule has 0 saturated carbocycles. The van der Waals surface area contributed by atoms with Gasteiger partial charge in [0.15, 0.2) is 5.84 Å². The highest BCUT2D eigenvalue weighted by Gasteiger charge is 2.40. The summed E-state index contributed by atoms with van der Waals surface area (Å²) in [7, 11) is -3.79. The van der Waals surface area contributed by atoms with E-state index in [1.165, 1.54) is 16.0 Å². The minimum atomic E-state index is -3.79. The van der Waals surface area contributed by atoms with Gasteiger partial charge in [0.1, 0.15) is 4.91 Å². The fourth-order valence-corrected chi connectivity index (χ4v) is 4.44. The van der Waals surface area contributed by atoms with Crippen LogP contribution in [-0.4, -0.2) is 38.3 Å². The van der Waals surface area contributed by atoms with Crippen molar-refractivity contribution in [2.45, 2.75) is 11.8 Å². The molecular weight excluding hydrogens is 350 g/mol. The van der Waals surface area contributed by atoms with Gasteiger partial charge in [-0.1, -0.05) is 35.9 Å². The number of hydrogen-bond donors (Lipinski definition) is 0. The molecule has 2 aromatic carbocycles. The Labute approximate surface area is 152 Å². The van der Waals surface area contributed by atoms with Gasteiger partial charge in [-0.25, -0.2) is 13.2 Å². The fourth-order valence-electron chi connectivity index (χ4n) is 3.01. The number of nitrogens with zero attached hydrogens (tertiary/aromatic N) is 3. The molecule has 4 rings (SSSR count). The van der Waals surface area contributed by atoms with Crippen LogP contribution in [0.3, 0.4) is 0 Å². The van der Waals surface area contributed by atoms with Gasteiger partial charge < -0.3 is 0 Å². The predicted molar refractivity (Wildman–Crippen MR) is 99.8 cm³/mol. The molecule has 0 unspecified atom stereocenters. The van der Waals surface area contributed by atoms with Crippen molar-refractivity contribution < 1.29 is 13.2 Å². The molecule has 0 bridgehead atoms. The molecule has 2 aliphatic heterocycles. The standard InChI is InChI=1S/C19H17N3O3S/c1-14-7-9-15(10-8-14)22-13-17(18-20-11-12-21(18)19(22)23)26(24,25)16-5-3-2-4-6-16/h2-10,13H,11-12H2,1H3. The van der Waals surface area contributed by atoms with E-state index in [0.717, 1.165) is 5.56 Å². The molecule has 0 aromatic heterocycles. The van der Waals surface area contributed by atoms with Gasteiger partial charge in [0.2, 0.25) is 9.84 Å². The maximum Gasteiger partial charge on any atom is 0.334 e. The first-order valence-electron chi connectivity index (χ1n) is 8.23. The van der Waals surface area contributed by atoms with Crippen LogP contribution in [-0.2, 0) is 9.84 Å². The molecule has 2 heterocycles. The Morgan fingerprint density at radius 2 is 1.69 bits per heavy atom. The Balaban J connectivity index is 1.87. The zero-order chi connectivity index (χ0) is 18.3. The molecule has 7 heteroatoms. The highest BCUT2D eigenvalue weighted by Crippen LogP contribution is 2.31. The van der Waals surface area contributed by atoms with Crippen LogP contribution >= 0.6 is 0 Å². The average Bonchev–Trinajstić information content (AvgIpc) is 3.14. The van der Waals surface area contributed by atoms with Crippen LogP contribution in [0.4, 0.5) is 10.5 Å². The lowest BCUT2D eigenvalue weighted by atomic mass is 10.2. The van der Waals surface area contributed by atoms with E-state index in [2.05, 4.69) is 4.99 Å². The third kappa shape index (κ3) is 2.61. The maximum absolute atomic E-state index is 13.2. The molecule has 0 fully saturated rings. The number of hydrogen-bond acceptors (Lipinski definition) is 4. The zero-order valence-electron chi connectivity index (χ0n) is 14.2. The van der Waals surface area contributed by atoms with Gasteiger partial charge >= 0.3 is 6.03 Å². The summed E-state index contributed by atoms with van der Waals surface area (Å²) in [5.41, 5.74) is 1.68. The molecule has 2 amide bonds. The summed E-state index contributed by atoms with van der Waals surface area (Å²) in [6.07, 6.45) is 1.38. The van der Waals surface area contributed by atoms with Gasteiger partial charge in [0.05, 0.1) is 17.1 Å². The summed E-state index contributed by atoms with van der Waals surface area (Å²) < 4.78 is 26.3. The summed E-state index contributed by atoms with van der Waals surface area (Å²) in [6.45, 7) is 2.72. The molecule has 0 atom stereocenters. The van der Waals surface area contributed by atoms with Gasteiger partial charge in [-0.15, -0.1) is 0 Å². The van der Waals surface area contributed by atoms with Crippen molar-refractivity contribution in [3.63, 3.8) is 0 Å². The third-order valence-electron chi connectivity index (χ3n) is 4.40. The van der Waals surface area contributed by atoms with Crippen molar-refractivity contribution in [2.24, 2.45) is 4.99 Å². The van der Waals surface area contributed by atoms with E-state index in [9.17, 15) is 13.2 Å². The van der Waals surface area contributed by atoms with E-state index in [0.29, 0.717) is 18.8 Å². The van der Waals surface area contributed by atoms with Gasteiger partial charge in [-0.05, 0) is 31.2 Å². The van der Waals surface area contributed by atoms with Crippen LogP contribution < -0.4 is 4.90 Å². The number of amidine groups is 1. The van der Waals surface area contributed by atoms with Gasteiger partial charge in [-0.2, -0.15) is 0 Å². The highest BCUT2D eigenvalue weighted by atomic mass is 32.2. The number of carbonyl (C=O) groups is 1. The summed E-state index contributed by atoms with van der Waals surface area (Å²) in [5, 5.41) is 0. The van der Waals surface area contributed by atoms with Crippen LogP contribution in [0, 0.1) is 6.92 Å². The summed E-state index contributed by atoms with van der Waals surface area (Å²) in [5.74, 6) is 0.224. The second kappa shape index (κ2) is 6.10. The quantitative estimate of drug-likeness (QED) is 0.837. The third-order valence-corrected chi connectivity index (χ3v) is 6.16. The Bertz CT molecular complexity index is 1030. The zero-order valence-corrected chi connectivity index (χ0v) is 15.0. The minimum absolute atomic E-state index is 0.0429. The number of benzene rings is 2. The summed E-state index contributed by atoms with van der Waals surface area (Å²) in [4.78, 5) is 20.1. The van der Waals surface area contributed by atoms with Crippen molar-refractivity contribution in [2.75, 3.05) is 18.0 Å². The van der Waals surface area contributed by atoms with Gasteiger partial charge in [-0.3, -0.25) is 14.8 Å². The molecular formula is C19H17N3O3S. The lowest BCUT2D eigenvalue weighted by molar-refractivity contribution is 0.231. The number of anilines is 1.